The fourth-order valence-corrected chi connectivity index (χ4v) is 3.21. The summed E-state index contributed by atoms with van der Waals surface area (Å²) in [5, 5.41) is 4.14. The number of carbonyl (C=O) groups is 2. The Hall–Kier alpha value is -3.15. The second kappa shape index (κ2) is 8.69. The molecule has 2 aromatic rings. The van der Waals surface area contributed by atoms with Gasteiger partial charge in [-0.2, -0.15) is 5.10 Å². The van der Waals surface area contributed by atoms with E-state index < -0.39 is 0 Å². The van der Waals surface area contributed by atoms with Gasteiger partial charge in [0, 0.05) is 18.7 Å². The molecule has 2 aromatic carbocycles. The molecule has 0 bridgehead atoms. The Morgan fingerprint density at radius 2 is 1.82 bits per heavy atom. The highest BCUT2D eigenvalue weighted by atomic mass is 16.5. The van der Waals surface area contributed by atoms with E-state index in [0.29, 0.717) is 17.9 Å². The summed E-state index contributed by atoms with van der Waals surface area (Å²) in [6.45, 7) is 6.45. The van der Waals surface area contributed by atoms with Gasteiger partial charge in [0.15, 0.2) is 6.61 Å². The van der Waals surface area contributed by atoms with Crippen LogP contribution in [0.25, 0.3) is 0 Å². The first-order chi connectivity index (χ1) is 13.4. The van der Waals surface area contributed by atoms with Crippen molar-refractivity contribution in [1.29, 1.82) is 0 Å². The van der Waals surface area contributed by atoms with Crippen LogP contribution in [0, 0.1) is 13.8 Å². The highest BCUT2D eigenvalue weighted by molar-refractivity contribution is 6.00. The number of amides is 2. The molecule has 1 saturated heterocycles. The minimum Gasteiger partial charge on any atom is -0.484 e. The van der Waals surface area contributed by atoms with Crippen molar-refractivity contribution in [2.24, 2.45) is 5.10 Å². The zero-order valence-electron chi connectivity index (χ0n) is 16.5. The van der Waals surface area contributed by atoms with E-state index in [1.165, 1.54) is 0 Å². The highest BCUT2D eigenvalue weighted by Crippen LogP contribution is 2.21. The number of ether oxygens (including phenoxy) is 1. The van der Waals surface area contributed by atoms with E-state index in [1.807, 2.05) is 63.2 Å². The quantitative estimate of drug-likeness (QED) is 0.618. The molecule has 146 valence electrons. The summed E-state index contributed by atoms with van der Waals surface area (Å²) in [5.41, 5.74) is 7.14. The number of hydrazone groups is 1. The number of benzene rings is 2. The van der Waals surface area contributed by atoms with E-state index in [0.717, 1.165) is 35.3 Å². The first-order valence-corrected chi connectivity index (χ1v) is 9.37. The third-order valence-corrected chi connectivity index (χ3v) is 4.58. The van der Waals surface area contributed by atoms with Crippen LogP contribution in [0.5, 0.6) is 5.75 Å². The van der Waals surface area contributed by atoms with Crippen molar-refractivity contribution >= 4 is 23.2 Å². The second-order valence-corrected chi connectivity index (χ2v) is 7.04. The summed E-state index contributed by atoms with van der Waals surface area (Å²) in [5.74, 6) is 0.507. The number of rotatable bonds is 6. The number of hydrogen-bond acceptors (Lipinski definition) is 4. The van der Waals surface area contributed by atoms with Crippen molar-refractivity contribution in [3.63, 3.8) is 0 Å². The Morgan fingerprint density at radius 3 is 2.43 bits per heavy atom. The number of hydrogen-bond donors (Lipinski definition) is 1. The molecule has 6 nitrogen and oxygen atoms in total. The molecule has 1 aliphatic heterocycles. The maximum absolute atomic E-state index is 12.0. The molecule has 0 saturated carbocycles. The van der Waals surface area contributed by atoms with Gasteiger partial charge in [-0.05, 0) is 68.1 Å². The Balaban J connectivity index is 1.54. The van der Waals surface area contributed by atoms with Crippen molar-refractivity contribution in [2.75, 3.05) is 18.1 Å². The molecule has 2 amide bonds. The lowest BCUT2D eigenvalue weighted by atomic mass is 10.1. The van der Waals surface area contributed by atoms with Gasteiger partial charge in [0.1, 0.15) is 5.75 Å². The van der Waals surface area contributed by atoms with Crippen LogP contribution in [0.2, 0.25) is 0 Å². The molecular formula is C22H25N3O3. The van der Waals surface area contributed by atoms with E-state index in [9.17, 15) is 9.59 Å². The number of nitrogens with zero attached hydrogens (tertiary/aromatic N) is 2. The summed E-state index contributed by atoms with van der Waals surface area (Å²) in [6, 6.07) is 13.4. The molecule has 0 aliphatic carbocycles. The summed E-state index contributed by atoms with van der Waals surface area (Å²) in [7, 11) is 0. The van der Waals surface area contributed by atoms with Crippen LogP contribution >= 0.6 is 0 Å². The molecule has 0 spiro atoms. The van der Waals surface area contributed by atoms with Crippen LogP contribution in [0.1, 0.15) is 36.5 Å². The van der Waals surface area contributed by atoms with Crippen LogP contribution < -0.4 is 15.1 Å². The van der Waals surface area contributed by atoms with Crippen LogP contribution in [0.15, 0.2) is 47.6 Å². The number of nitrogens with one attached hydrogen (secondary N) is 1. The van der Waals surface area contributed by atoms with Crippen molar-refractivity contribution in [3.8, 4) is 5.75 Å². The predicted octanol–water partition coefficient (Wildman–Crippen LogP) is 3.35. The lowest BCUT2D eigenvalue weighted by Gasteiger charge is -2.15. The third kappa shape index (κ3) is 4.97. The summed E-state index contributed by atoms with van der Waals surface area (Å²) in [6.07, 6.45) is 1.51. The smallest absolute Gasteiger partial charge is 0.277 e. The Kier molecular flexibility index (Phi) is 6.09. The van der Waals surface area contributed by atoms with Gasteiger partial charge in [-0.1, -0.05) is 18.2 Å². The molecule has 3 rings (SSSR count). The maximum atomic E-state index is 12.0. The average molecular weight is 379 g/mol. The summed E-state index contributed by atoms with van der Waals surface area (Å²) in [4.78, 5) is 25.6. The van der Waals surface area contributed by atoms with Gasteiger partial charge in [-0.3, -0.25) is 9.59 Å². The van der Waals surface area contributed by atoms with Crippen LogP contribution in [-0.2, 0) is 9.59 Å². The lowest BCUT2D eigenvalue weighted by Crippen LogP contribution is -2.25. The van der Waals surface area contributed by atoms with Gasteiger partial charge >= 0.3 is 0 Å². The van der Waals surface area contributed by atoms with E-state index in [2.05, 4.69) is 10.5 Å². The highest BCUT2D eigenvalue weighted by Gasteiger charge is 2.21. The fraction of sp³-hybridized carbons (Fsp3) is 0.318. The van der Waals surface area contributed by atoms with Gasteiger partial charge < -0.3 is 9.64 Å². The van der Waals surface area contributed by atoms with Crippen LogP contribution in [0.3, 0.4) is 0 Å². The molecule has 0 atom stereocenters. The Labute approximate surface area is 165 Å². The van der Waals surface area contributed by atoms with E-state index >= 15 is 0 Å². The minimum atomic E-state index is -0.321. The fourth-order valence-electron chi connectivity index (χ4n) is 3.21. The first-order valence-electron chi connectivity index (χ1n) is 9.37. The number of anilines is 1. The van der Waals surface area contributed by atoms with E-state index in [-0.39, 0.29) is 18.4 Å². The molecule has 1 aliphatic rings. The molecule has 28 heavy (non-hydrogen) atoms. The van der Waals surface area contributed by atoms with E-state index in [1.54, 1.807) is 4.90 Å². The van der Waals surface area contributed by atoms with Crippen LogP contribution in [0.4, 0.5) is 5.69 Å². The maximum Gasteiger partial charge on any atom is 0.277 e. The molecule has 0 radical (unpaired) electrons. The molecule has 1 N–H and O–H groups in total. The molecule has 0 aromatic heterocycles. The lowest BCUT2D eigenvalue weighted by molar-refractivity contribution is -0.123. The summed E-state index contributed by atoms with van der Waals surface area (Å²) < 4.78 is 5.53. The largest absolute Gasteiger partial charge is 0.484 e. The third-order valence-electron chi connectivity index (χ3n) is 4.58. The number of aryl methyl sites for hydroxylation is 2. The van der Waals surface area contributed by atoms with Gasteiger partial charge in [0.05, 0.1) is 5.71 Å². The second-order valence-electron chi connectivity index (χ2n) is 7.04. The topological polar surface area (TPSA) is 71.0 Å². The van der Waals surface area contributed by atoms with Gasteiger partial charge in [-0.15, -0.1) is 0 Å². The minimum absolute atomic E-state index is 0.102. The molecular weight excluding hydrogens is 354 g/mol. The molecule has 6 heteroatoms. The van der Waals surface area contributed by atoms with Gasteiger partial charge in [0.25, 0.3) is 5.91 Å². The number of carbonyl (C=O) groups excluding carboxylic acids is 2. The monoisotopic (exact) mass is 379 g/mol. The summed E-state index contributed by atoms with van der Waals surface area (Å²) >= 11 is 0. The molecule has 1 fully saturated rings. The van der Waals surface area contributed by atoms with Crippen molar-refractivity contribution < 1.29 is 14.3 Å². The zero-order valence-corrected chi connectivity index (χ0v) is 16.5. The normalized spacial score (nSPS) is 14.3. The standard InChI is InChI=1S/C22H25N3O3/c1-15-11-16(2)13-20(12-15)28-14-21(26)24-23-17(3)18-6-8-19(9-7-18)25-10-4-5-22(25)27/h6-9,11-13H,4-5,10,14H2,1-3H3,(H,24,26)/b23-17-. The SMILES string of the molecule is C/C(=N/NC(=O)COc1cc(C)cc(C)c1)c1ccc(N2CCCC2=O)cc1. The van der Waals surface area contributed by atoms with Crippen molar-refractivity contribution in [2.45, 2.75) is 33.6 Å². The average Bonchev–Trinajstić information content (AvgIpc) is 3.10. The van der Waals surface area contributed by atoms with Crippen molar-refractivity contribution in [1.82, 2.24) is 5.43 Å². The van der Waals surface area contributed by atoms with Gasteiger partial charge in [0.2, 0.25) is 5.91 Å². The Bertz CT molecular complexity index is 883. The first kappa shape index (κ1) is 19.6. The molecule has 0 unspecified atom stereocenters. The van der Waals surface area contributed by atoms with E-state index in [4.69, 9.17) is 4.74 Å². The zero-order chi connectivity index (χ0) is 20.1. The predicted molar refractivity (Wildman–Crippen MR) is 110 cm³/mol. The van der Waals surface area contributed by atoms with Crippen molar-refractivity contribution in [3.05, 3.63) is 59.2 Å². The molecule has 1 heterocycles. The van der Waals surface area contributed by atoms with Crippen LogP contribution in [-0.4, -0.2) is 30.7 Å². The Morgan fingerprint density at radius 1 is 1.14 bits per heavy atom. The van der Waals surface area contributed by atoms with Gasteiger partial charge in [-0.25, -0.2) is 5.43 Å².